The Morgan fingerprint density at radius 1 is 1.24 bits per heavy atom. The maximum absolute atomic E-state index is 9.49. The van der Waals surface area contributed by atoms with Gasteiger partial charge in [-0.25, -0.2) is 0 Å². The third-order valence-corrected chi connectivity index (χ3v) is 2.50. The molecule has 0 unspecified atom stereocenters. The molecule has 0 amide bonds. The predicted octanol–water partition coefficient (Wildman–Crippen LogP) is 2.63. The second kappa shape index (κ2) is 7.25. The number of phenols is 1. The third kappa shape index (κ3) is 3.68. The second-order valence-electron chi connectivity index (χ2n) is 3.66. The second-order valence-corrected chi connectivity index (χ2v) is 3.66. The van der Waals surface area contributed by atoms with Crippen molar-refractivity contribution in [2.45, 2.75) is 25.8 Å². The maximum Gasteiger partial charge on any atom is 0.131 e. The number of rotatable bonds is 5. The van der Waals surface area contributed by atoms with Crippen molar-refractivity contribution in [3.05, 3.63) is 17.7 Å². The summed E-state index contributed by atoms with van der Waals surface area (Å²) in [6.07, 6.45) is 1.83. The van der Waals surface area contributed by atoms with Gasteiger partial charge in [-0.3, -0.25) is 0 Å². The van der Waals surface area contributed by atoms with Crippen molar-refractivity contribution >= 4 is 12.4 Å². The smallest absolute Gasteiger partial charge is 0.131 e. The fourth-order valence-corrected chi connectivity index (χ4v) is 1.75. The van der Waals surface area contributed by atoms with E-state index < -0.39 is 0 Å². The van der Waals surface area contributed by atoms with Crippen molar-refractivity contribution in [1.29, 1.82) is 0 Å². The molecule has 1 atom stereocenters. The first-order chi connectivity index (χ1) is 7.63. The zero-order valence-electron chi connectivity index (χ0n) is 10.4. The highest BCUT2D eigenvalue weighted by Crippen LogP contribution is 2.38. The molecule has 17 heavy (non-hydrogen) atoms. The zero-order chi connectivity index (χ0) is 12.1. The lowest BCUT2D eigenvalue weighted by atomic mass is 10.0. The number of halogens is 1. The molecular weight excluding hydrogens is 242 g/mol. The fraction of sp³-hybridized carbons (Fsp3) is 0.500. The van der Waals surface area contributed by atoms with Gasteiger partial charge in [0.05, 0.1) is 19.8 Å². The summed E-state index contributed by atoms with van der Waals surface area (Å²) in [4.78, 5) is 0. The minimum absolute atomic E-state index is 0. The number of hydrogen-bond acceptors (Lipinski definition) is 4. The Morgan fingerprint density at radius 3 is 2.06 bits per heavy atom. The molecule has 0 fully saturated rings. The quantitative estimate of drug-likeness (QED) is 0.855. The maximum atomic E-state index is 9.49. The van der Waals surface area contributed by atoms with E-state index in [4.69, 9.17) is 15.2 Å². The molecule has 0 aliphatic heterocycles. The van der Waals surface area contributed by atoms with E-state index in [1.54, 1.807) is 26.4 Å². The highest BCUT2D eigenvalue weighted by molar-refractivity contribution is 5.85. The molecule has 4 nitrogen and oxygen atoms in total. The van der Waals surface area contributed by atoms with Crippen molar-refractivity contribution in [3.63, 3.8) is 0 Å². The standard InChI is InChI=1S/C12H19NO3.ClH/c1-4-5-9(13)12-10(15-2)6-8(14)7-11(12)16-3;/h6-7,9,14H,4-5,13H2,1-3H3;1H/t9-;/m1./s1. The van der Waals surface area contributed by atoms with E-state index in [2.05, 4.69) is 6.92 Å². The first-order valence-corrected chi connectivity index (χ1v) is 5.34. The Morgan fingerprint density at radius 2 is 1.71 bits per heavy atom. The number of phenolic OH excluding ortho intramolecular Hbond substituents is 1. The van der Waals surface area contributed by atoms with Crippen LogP contribution in [-0.4, -0.2) is 19.3 Å². The van der Waals surface area contributed by atoms with Gasteiger partial charge in [-0.15, -0.1) is 12.4 Å². The van der Waals surface area contributed by atoms with E-state index in [1.165, 1.54) is 0 Å². The molecule has 0 radical (unpaired) electrons. The van der Waals surface area contributed by atoms with Gasteiger partial charge >= 0.3 is 0 Å². The number of nitrogens with two attached hydrogens (primary N) is 1. The molecule has 0 aliphatic carbocycles. The van der Waals surface area contributed by atoms with Crippen molar-refractivity contribution in [3.8, 4) is 17.2 Å². The normalized spacial score (nSPS) is 11.5. The molecule has 0 spiro atoms. The molecule has 1 rings (SSSR count). The number of benzene rings is 1. The Balaban J connectivity index is 0.00000256. The molecule has 1 aromatic rings. The summed E-state index contributed by atoms with van der Waals surface area (Å²) in [5, 5.41) is 9.49. The molecule has 0 saturated carbocycles. The van der Waals surface area contributed by atoms with Gasteiger partial charge in [0.1, 0.15) is 17.2 Å². The number of hydrogen-bond donors (Lipinski definition) is 2. The van der Waals surface area contributed by atoms with Crippen molar-refractivity contribution < 1.29 is 14.6 Å². The molecule has 0 aliphatic rings. The van der Waals surface area contributed by atoms with E-state index >= 15 is 0 Å². The first-order valence-electron chi connectivity index (χ1n) is 5.34. The number of ether oxygens (including phenoxy) is 2. The Kier molecular flexibility index (Phi) is 6.76. The molecule has 98 valence electrons. The van der Waals surface area contributed by atoms with Crippen LogP contribution in [0.2, 0.25) is 0 Å². The van der Waals surface area contributed by atoms with Gasteiger partial charge in [0, 0.05) is 18.2 Å². The SMILES string of the molecule is CCC[C@@H](N)c1c(OC)cc(O)cc1OC.Cl. The van der Waals surface area contributed by atoms with Crippen molar-refractivity contribution in [1.82, 2.24) is 0 Å². The Labute approximate surface area is 108 Å². The van der Waals surface area contributed by atoms with Crippen LogP contribution in [0.3, 0.4) is 0 Å². The summed E-state index contributed by atoms with van der Waals surface area (Å²) in [6.45, 7) is 2.07. The molecule has 5 heteroatoms. The lowest BCUT2D eigenvalue weighted by Gasteiger charge is -2.18. The summed E-state index contributed by atoms with van der Waals surface area (Å²) in [5.74, 6) is 1.25. The highest BCUT2D eigenvalue weighted by atomic mass is 35.5. The molecule has 1 aromatic carbocycles. The van der Waals surface area contributed by atoms with Gasteiger partial charge in [0.2, 0.25) is 0 Å². The minimum Gasteiger partial charge on any atom is -0.508 e. The lowest BCUT2D eigenvalue weighted by molar-refractivity contribution is 0.369. The highest BCUT2D eigenvalue weighted by Gasteiger charge is 2.18. The van der Waals surface area contributed by atoms with E-state index in [0.29, 0.717) is 11.5 Å². The molecule has 3 N–H and O–H groups in total. The Bertz CT molecular complexity index is 333. The molecular formula is C12H20ClNO3. The summed E-state index contributed by atoms with van der Waals surface area (Å²) < 4.78 is 10.4. The van der Waals surface area contributed by atoms with Crippen LogP contribution in [0.15, 0.2) is 12.1 Å². The lowest BCUT2D eigenvalue weighted by Crippen LogP contribution is -2.12. The van der Waals surface area contributed by atoms with Gasteiger partial charge < -0.3 is 20.3 Å². The zero-order valence-corrected chi connectivity index (χ0v) is 11.2. The van der Waals surface area contributed by atoms with Crippen LogP contribution in [0, 0.1) is 0 Å². The van der Waals surface area contributed by atoms with E-state index in [1.807, 2.05) is 0 Å². The predicted molar refractivity (Wildman–Crippen MR) is 70.3 cm³/mol. The summed E-state index contributed by atoms with van der Waals surface area (Å²) in [5.41, 5.74) is 6.88. The van der Waals surface area contributed by atoms with Crippen LogP contribution in [0.1, 0.15) is 31.4 Å². The van der Waals surface area contributed by atoms with E-state index in [0.717, 1.165) is 18.4 Å². The molecule has 0 saturated heterocycles. The van der Waals surface area contributed by atoms with Crippen molar-refractivity contribution in [2.75, 3.05) is 14.2 Å². The van der Waals surface area contributed by atoms with Crippen LogP contribution < -0.4 is 15.2 Å². The number of methoxy groups -OCH3 is 2. The summed E-state index contributed by atoms with van der Waals surface area (Å²) >= 11 is 0. The molecule has 0 aromatic heterocycles. The van der Waals surface area contributed by atoms with Gasteiger partial charge in [-0.1, -0.05) is 13.3 Å². The van der Waals surface area contributed by atoms with Crippen LogP contribution in [-0.2, 0) is 0 Å². The van der Waals surface area contributed by atoms with Crippen LogP contribution in [0.25, 0.3) is 0 Å². The fourth-order valence-electron chi connectivity index (χ4n) is 1.75. The monoisotopic (exact) mass is 261 g/mol. The average molecular weight is 262 g/mol. The summed E-state index contributed by atoms with van der Waals surface area (Å²) in [7, 11) is 3.10. The third-order valence-electron chi connectivity index (χ3n) is 2.50. The topological polar surface area (TPSA) is 64.7 Å². The minimum atomic E-state index is -0.143. The first kappa shape index (κ1) is 15.9. The van der Waals surface area contributed by atoms with Gasteiger partial charge in [-0.2, -0.15) is 0 Å². The van der Waals surface area contributed by atoms with Crippen LogP contribution in [0.5, 0.6) is 17.2 Å². The summed E-state index contributed by atoms with van der Waals surface area (Å²) in [6, 6.07) is 2.95. The van der Waals surface area contributed by atoms with Gasteiger partial charge in [0.15, 0.2) is 0 Å². The van der Waals surface area contributed by atoms with E-state index in [9.17, 15) is 5.11 Å². The molecule has 0 bridgehead atoms. The Hall–Kier alpha value is -1.13. The van der Waals surface area contributed by atoms with Crippen LogP contribution in [0.4, 0.5) is 0 Å². The number of aromatic hydroxyl groups is 1. The largest absolute Gasteiger partial charge is 0.508 e. The average Bonchev–Trinajstić information content (AvgIpc) is 2.27. The van der Waals surface area contributed by atoms with Gasteiger partial charge in [0.25, 0.3) is 0 Å². The van der Waals surface area contributed by atoms with E-state index in [-0.39, 0.29) is 24.2 Å². The van der Waals surface area contributed by atoms with Gasteiger partial charge in [-0.05, 0) is 6.42 Å². The molecule has 0 heterocycles. The van der Waals surface area contributed by atoms with Crippen molar-refractivity contribution in [2.24, 2.45) is 5.73 Å². The van der Waals surface area contributed by atoms with Crippen LogP contribution >= 0.6 is 12.4 Å².